The Kier molecular flexibility index (Phi) is 4.33. The second-order valence-electron chi connectivity index (χ2n) is 4.30. The van der Waals surface area contributed by atoms with E-state index in [-0.39, 0.29) is 0 Å². The zero-order chi connectivity index (χ0) is 11.9. The van der Waals surface area contributed by atoms with Gasteiger partial charge in [0.1, 0.15) is 0 Å². The standard InChI is InChI=1S/C14H19N3/c1-17-11-14(16-12-17)8-5-9-15-10-13-6-3-2-4-7-13/h2-4,6-7,11-12,15H,5,8-10H2,1H3. The van der Waals surface area contributed by atoms with Crippen LogP contribution < -0.4 is 5.32 Å². The molecular weight excluding hydrogens is 210 g/mol. The molecule has 0 radical (unpaired) electrons. The Morgan fingerprint density at radius 3 is 2.76 bits per heavy atom. The Balaban J connectivity index is 1.61. The van der Waals surface area contributed by atoms with Crippen LogP contribution in [0.1, 0.15) is 17.7 Å². The number of hydrogen-bond acceptors (Lipinski definition) is 2. The van der Waals surface area contributed by atoms with E-state index in [1.807, 2.05) is 24.0 Å². The van der Waals surface area contributed by atoms with Crippen LogP contribution in [0.3, 0.4) is 0 Å². The Bertz CT molecular complexity index is 434. The fraction of sp³-hybridized carbons (Fsp3) is 0.357. The molecule has 0 aliphatic rings. The smallest absolute Gasteiger partial charge is 0.0946 e. The summed E-state index contributed by atoms with van der Waals surface area (Å²) in [6.45, 7) is 1.98. The van der Waals surface area contributed by atoms with Crippen molar-refractivity contribution >= 4 is 0 Å². The summed E-state index contributed by atoms with van der Waals surface area (Å²) in [5.41, 5.74) is 2.51. The fourth-order valence-corrected chi connectivity index (χ4v) is 1.82. The van der Waals surface area contributed by atoms with Gasteiger partial charge in [-0.05, 0) is 24.9 Å². The van der Waals surface area contributed by atoms with Gasteiger partial charge in [0.25, 0.3) is 0 Å². The van der Waals surface area contributed by atoms with E-state index in [1.165, 1.54) is 11.3 Å². The predicted molar refractivity (Wildman–Crippen MR) is 69.7 cm³/mol. The average Bonchev–Trinajstić information content (AvgIpc) is 2.76. The molecule has 90 valence electrons. The molecule has 0 unspecified atom stereocenters. The lowest BCUT2D eigenvalue weighted by Gasteiger charge is -2.03. The average molecular weight is 229 g/mol. The van der Waals surface area contributed by atoms with Crippen molar-refractivity contribution in [3.05, 3.63) is 54.1 Å². The minimum atomic E-state index is 0.947. The Morgan fingerprint density at radius 1 is 1.24 bits per heavy atom. The van der Waals surface area contributed by atoms with E-state index in [1.54, 1.807) is 0 Å². The topological polar surface area (TPSA) is 29.9 Å². The number of aromatic nitrogens is 2. The largest absolute Gasteiger partial charge is 0.340 e. The first-order valence-corrected chi connectivity index (χ1v) is 6.06. The summed E-state index contributed by atoms with van der Waals surface area (Å²) < 4.78 is 1.99. The first-order chi connectivity index (χ1) is 8.34. The molecule has 0 aliphatic carbocycles. The van der Waals surface area contributed by atoms with Gasteiger partial charge in [-0.2, -0.15) is 0 Å². The number of imidazole rings is 1. The lowest BCUT2D eigenvalue weighted by atomic mass is 10.2. The van der Waals surface area contributed by atoms with Crippen LogP contribution in [0.25, 0.3) is 0 Å². The summed E-state index contributed by atoms with van der Waals surface area (Å²) >= 11 is 0. The maximum atomic E-state index is 4.31. The molecule has 0 spiro atoms. The van der Waals surface area contributed by atoms with Crippen LogP contribution in [0.15, 0.2) is 42.9 Å². The molecule has 2 rings (SSSR count). The summed E-state index contributed by atoms with van der Waals surface area (Å²) in [4.78, 5) is 4.31. The maximum Gasteiger partial charge on any atom is 0.0946 e. The van der Waals surface area contributed by atoms with Gasteiger partial charge >= 0.3 is 0 Å². The van der Waals surface area contributed by atoms with Crippen LogP contribution in [0, 0.1) is 0 Å². The molecule has 0 saturated carbocycles. The van der Waals surface area contributed by atoms with Gasteiger partial charge in [-0.25, -0.2) is 4.98 Å². The molecule has 1 aromatic carbocycles. The second kappa shape index (κ2) is 6.21. The number of hydrogen-bond donors (Lipinski definition) is 1. The monoisotopic (exact) mass is 229 g/mol. The summed E-state index contributed by atoms with van der Waals surface area (Å²) in [6, 6.07) is 10.5. The Labute approximate surface area is 103 Å². The molecule has 2 aromatic rings. The molecule has 0 atom stereocenters. The molecule has 0 fully saturated rings. The first-order valence-electron chi connectivity index (χ1n) is 6.06. The van der Waals surface area contributed by atoms with Crippen molar-refractivity contribution in [3.8, 4) is 0 Å². The second-order valence-corrected chi connectivity index (χ2v) is 4.30. The van der Waals surface area contributed by atoms with E-state index in [0.29, 0.717) is 0 Å². The number of benzene rings is 1. The van der Waals surface area contributed by atoms with E-state index >= 15 is 0 Å². The Hall–Kier alpha value is -1.61. The van der Waals surface area contributed by atoms with Gasteiger partial charge in [-0.1, -0.05) is 30.3 Å². The zero-order valence-corrected chi connectivity index (χ0v) is 10.3. The highest BCUT2D eigenvalue weighted by Crippen LogP contribution is 1.99. The van der Waals surface area contributed by atoms with Crippen LogP contribution in [-0.2, 0) is 20.0 Å². The van der Waals surface area contributed by atoms with Crippen molar-refractivity contribution in [1.29, 1.82) is 0 Å². The van der Waals surface area contributed by atoms with E-state index in [4.69, 9.17) is 0 Å². The van der Waals surface area contributed by atoms with Gasteiger partial charge < -0.3 is 9.88 Å². The zero-order valence-electron chi connectivity index (χ0n) is 10.3. The minimum Gasteiger partial charge on any atom is -0.340 e. The van der Waals surface area contributed by atoms with Gasteiger partial charge in [0.2, 0.25) is 0 Å². The highest BCUT2D eigenvalue weighted by atomic mass is 15.0. The number of aryl methyl sites for hydroxylation is 2. The number of nitrogens with one attached hydrogen (secondary N) is 1. The van der Waals surface area contributed by atoms with Gasteiger partial charge in [-0.15, -0.1) is 0 Å². The number of nitrogens with zero attached hydrogens (tertiary/aromatic N) is 2. The van der Waals surface area contributed by atoms with Crippen molar-refractivity contribution < 1.29 is 0 Å². The highest BCUT2D eigenvalue weighted by Gasteiger charge is 1.96. The maximum absolute atomic E-state index is 4.31. The normalized spacial score (nSPS) is 10.6. The predicted octanol–water partition coefficient (Wildman–Crippen LogP) is 2.14. The van der Waals surface area contributed by atoms with E-state index in [2.05, 4.69) is 40.8 Å². The Morgan fingerprint density at radius 2 is 2.06 bits per heavy atom. The van der Waals surface area contributed by atoms with Crippen LogP contribution in [0.5, 0.6) is 0 Å². The molecule has 3 heteroatoms. The number of rotatable bonds is 6. The molecule has 1 heterocycles. The SMILES string of the molecule is Cn1cnc(CCCNCc2ccccc2)c1. The first kappa shape index (κ1) is 11.9. The van der Waals surface area contributed by atoms with E-state index in [0.717, 1.165) is 25.9 Å². The summed E-state index contributed by atoms with van der Waals surface area (Å²) in [7, 11) is 2.00. The van der Waals surface area contributed by atoms with Crippen LogP contribution in [0.2, 0.25) is 0 Å². The third-order valence-corrected chi connectivity index (χ3v) is 2.72. The molecule has 1 aromatic heterocycles. The van der Waals surface area contributed by atoms with Crippen LogP contribution in [-0.4, -0.2) is 16.1 Å². The lowest BCUT2D eigenvalue weighted by molar-refractivity contribution is 0.645. The molecule has 0 saturated heterocycles. The van der Waals surface area contributed by atoms with Gasteiger partial charge in [-0.3, -0.25) is 0 Å². The highest BCUT2D eigenvalue weighted by molar-refractivity contribution is 5.14. The van der Waals surface area contributed by atoms with Gasteiger partial charge in [0.05, 0.1) is 12.0 Å². The van der Waals surface area contributed by atoms with Crippen LogP contribution in [0.4, 0.5) is 0 Å². The quantitative estimate of drug-likeness (QED) is 0.769. The molecule has 0 aliphatic heterocycles. The lowest BCUT2D eigenvalue weighted by Crippen LogP contribution is -2.15. The third-order valence-electron chi connectivity index (χ3n) is 2.72. The van der Waals surface area contributed by atoms with Gasteiger partial charge in [0.15, 0.2) is 0 Å². The van der Waals surface area contributed by atoms with Crippen molar-refractivity contribution in [2.24, 2.45) is 7.05 Å². The van der Waals surface area contributed by atoms with Gasteiger partial charge in [0, 0.05) is 19.8 Å². The molecular formula is C14H19N3. The summed E-state index contributed by atoms with van der Waals surface area (Å²) in [5, 5.41) is 3.44. The van der Waals surface area contributed by atoms with Crippen LogP contribution >= 0.6 is 0 Å². The van der Waals surface area contributed by atoms with Crippen molar-refractivity contribution in [2.75, 3.05) is 6.54 Å². The van der Waals surface area contributed by atoms with E-state index in [9.17, 15) is 0 Å². The molecule has 1 N–H and O–H groups in total. The summed E-state index contributed by atoms with van der Waals surface area (Å²) in [5.74, 6) is 0. The van der Waals surface area contributed by atoms with E-state index < -0.39 is 0 Å². The van der Waals surface area contributed by atoms with Crippen molar-refractivity contribution in [2.45, 2.75) is 19.4 Å². The molecule has 0 bridgehead atoms. The minimum absolute atomic E-state index is 0.947. The van der Waals surface area contributed by atoms with Crippen molar-refractivity contribution in [3.63, 3.8) is 0 Å². The van der Waals surface area contributed by atoms with Crippen molar-refractivity contribution in [1.82, 2.24) is 14.9 Å². The molecule has 17 heavy (non-hydrogen) atoms. The fourth-order valence-electron chi connectivity index (χ4n) is 1.82. The molecule has 3 nitrogen and oxygen atoms in total. The molecule has 0 amide bonds. The third kappa shape index (κ3) is 4.04. The summed E-state index contributed by atoms with van der Waals surface area (Å²) in [6.07, 6.45) is 6.11.